The van der Waals surface area contributed by atoms with Crippen LogP contribution in [0.1, 0.15) is 33.6 Å². The highest BCUT2D eigenvalue weighted by Crippen LogP contribution is 2.41. The van der Waals surface area contributed by atoms with Crippen molar-refractivity contribution >= 4 is 8.41 Å². The van der Waals surface area contributed by atoms with Crippen LogP contribution in [0.4, 0.5) is 4.11 Å². The van der Waals surface area contributed by atoms with Gasteiger partial charge in [0.25, 0.3) is 0 Å². The SMILES string of the molecule is CCCC(C)(C)[Si](C)(C)F. The van der Waals surface area contributed by atoms with Crippen molar-refractivity contribution in [2.24, 2.45) is 0 Å². The molecule has 62 valence electrons. The van der Waals surface area contributed by atoms with E-state index in [1.807, 2.05) is 13.8 Å². The van der Waals surface area contributed by atoms with Gasteiger partial charge < -0.3 is 4.11 Å². The lowest BCUT2D eigenvalue weighted by atomic mass is 10.1. The Morgan fingerprint density at radius 1 is 1.30 bits per heavy atom. The molecule has 0 unspecified atom stereocenters. The van der Waals surface area contributed by atoms with Gasteiger partial charge in [-0.15, -0.1) is 0 Å². The van der Waals surface area contributed by atoms with E-state index in [9.17, 15) is 4.11 Å². The topological polar surface area (TPSA) is 0 Å². The fourth-order valence-electron chi connectivity index (χ4n) is 0.922. The Balaban J connectivity index is 4.10. The highest BCUT2D eigenvalue weighted by Gasteiger charge is 2.39. The van der Waals surface area contributed by atoms with Gasteiger partial charge in [0.15, 0.2) is 0 Å². The van der Waals surface area contributed by atoms with Crippen molar-refractivity contribution < 1.29 is 4.11 Å². The molecule has 2 heteroatoms. The Morgan fingerprint density at radius 2 is 1.70 bits per heavy atom. The molecule has 0 saturated heterocycles. The van der Waals surface area contributed by atoms with Crippen LogP contribution in [0.5, 0.6) is 0 Å². The van der Waals surface area contributed by atoms with Crippen LogP contribution >= 0.6 is 0 Å². The van der Waals surface area contributed by atoms with Gasteiger partial charge in [-0.05, 0) is 24.6 Å². The molecular formula is C8H19FSi. The molecular weight excluding hydrogens is 143 g/mol. The second-order valence-corrected chi connectivity index (χ2v) is 8.40. The summed E-state index contributed by atoms with van der Waals surface area (Å²) < 4.78 is 13.5. The fourth-order valence-corrected chi connectivity index (χ4v) is 1.77. The smallest absolute Gasteiger partial charge is 0.246 e. The van der Waals surface area contributed by atoms with Crippen LogP contribution < -0.4 is 0 Å². The summed E-state index contributed by atoms with van der Waals surface area (Å²) in [5, 5.41) is -0.0399. The van der Waals surface area contributed by atoms with Gasteiger partial charge in [0, 0.05) is 0 Å². The normalized spacial score (nSPS) is 13.8. The van der Waals surface area contributed by atoms with Crippen molar-refractivity contribution in [2.45, 2.75) is 51.7 Å². The summed E-state index contributed by atoms with van der Waals surface area (Å²) in [5.74, 6) is 0. The van der Waals surface area contributed by atoms with Crippen molar-refractivity contribution in [1.29, 1.82) is 0 Å². The van der Waals surface area contributed by atoms with E-state index in [-0.39, 0.29) is 5.04 Å². The molecule has 0 aromatic rings. The van der Waals surface area contributed by atoms with Gasteiger partial charge in [0.2, 0.25) is 8.41 Å². The molecule has 0 spiro atoms. The van der Waals surface area contributed by atoms with Crippen molar-refractivity contribution in [2.75, 3.05) is 0 Å². The molecule has 0 aromatic carbocycles. The Hall–Kier alpha value is 0.147. The average molecular weight is 162 g/mol. The summed E-state index contributed by atoms with van der Waals surface area (Å²) in [6.07, 6.45) is 2.11. The number of rotatable bonds is 3. The second-order valence-electron chi connectivity index (χ2n) is 4.11. The van der Waals surface area contributed by atoms with Crippen molar-refractivity contribution in [1.82, 2.24) is 0 Å². The molecule has 0 saturated carbocycles. The lowest BCUT2D eigenvalue weighted by Gasteiger charge is -2.32. The first kappa shape index (κ1) is 10.1. The molecule has 0 radical (unpaired) electrons. The number of halogens is 1. The van der Waals surface area contributed by atoms with Gasteiger partial charge in [-0.25, -0.2) is 0 Å². The second kappa shape index (κ2) is 3.03. The van der Waals surface area contributed by atoms with Crippen LogP contribution in [0, 0.1) is 0 Å². The minimum absolute atomic E-state index is 0.0399. The third-order valence-corrected chi connectivity index (χ3v) is 5.95. The molecule has 0 atom stereocenters. The highest BCUT2D eigenvalue weighted by atomic mass is 28.4. The summed E-state index contributed by atoms with van der Waals surface area (Å²) in [7, 11) is -2.41. The average Bonchev–Trinajstić information content (AvgIpc) is 1.61. The fraction of sp³-hybridized carbons (Fsp3) is 1.00. The van der Waals surface area contributed by atoms with Gasteiger partial charge in [-0.3, -0.25) is 0 Å². The predicted octanol–water partition coefficient (Wildman–Crippen LogP) is 3.74. The Morgan fingerprint density at radius 3 is 1.80 bits per heavy atom. The summed E-state index contributed by atoms with van der Waals surface area (Å²) in [4.78, 5) is 0. The Kier molecular flexibility index (Phi) is 3.08. The quantitative estimate of drug-likeness (QED) is 0.438. The molecule has 10 heavy (non-hydrogen) atoms. The number of hydrogen-bond donors (Lipinski definition) is 0. The molecule has 0 aromatic heterocycles. The Labute approximate surface area is 65.0 Å². The molecule has 0 aliphatic rings. The maximum Gasteiger partial charge on any atom is 0.246 e. The minimum Gasteiger partial charge on any atom is -0.314 e. The lowest BCUT2D eigenvalue weighted by Crippen LogP contribution is -2.33. The predicted molar refractivity (Wildman–Crippen MR) is 47.5 cm³/mol. The third-order valence-electron chi connectivity index (χ3n) is 2.48. The van der Waals surface area contributed by atoms with E-state index in [1.165, 1.54) is 0 Å². The molecule has 0 aliphatic heterocycles. The van der Waals surface area contributed by atoms with E-state index in [0.29, 0.717) is 0 Å². The van der Waals surface area contributed by atoms with Crippen LogP contribution in [0.25, 0.3) is 0 Å². The molecule has 0 N–H and O–H groups in total. The van der Waals surface area contributed by atoms with Crippen LogP contribution in [0.2, 0.25) is 18.1 Å². The van der Waals surface area contributed by atoms with Gasteiger partial charge in [-0.2, -0.15) is 0 Å². The van der Waals surface area contributed by atoms with E-state index in [4.69, 9.17) is 0 Å². The molecule has 0 rings (SSSR count). The molecule has 0 fully saturated rings. The first-order valence-electron chi connectivity index (χ1n) is 4.00. The largest absolute Gasteiger partial charge is 0.314 e. The molecule has 0 nitrogen and oxygen atoms in total. The molecule has 0 aliphatic carbocycles. The van der Waals surface area contributed by atoms with E-state index >= 15 is 0 Å². The zero-order valence-corrected chi connectivity index (χ0v) is 8.79. The highest BCUT2D eigenvalue weighted by molar-refractivity contribution is 6.73. The zero-order valence-electron chi connectivity index (χ0n) is 7.79. The van der Waals surface area contributed by atoms with E-state index in [0.717, 1.165) is 12.8 Å². The summed E-state index contributed by atoms with van der Waals surface area (Å²) in [6.45, 7) is 9.79. The lowest BCUT2D eigenvalue weighted by molar-refractivity contribution is 0.526. The van der Waals surface area contributed by atoms with Crippen molar-refractivity contribution in [3.63, 3.8) is 0 Å². The van der Waals surface area contributed by atoms with Gasteiger partial charge in [0.1, 0.15) is 0 Å². The first-order valence-corrected chi connectivity index (χ1v) is 6.88. The van der Waals surface area contributed by atoms with Crippen LogP contribution in [0.3, 0.4) is 0 Å². The molecule has 0 bridgehead atoms. The van der Waals surface area contributed by atoms with Gasteiger partial charge >= 0.3 is 0 Å². The van der Waals surface area contributed by atoms with E-state index in [2.05, 4.69) is 6.92 Å². The standard InChI is InChI=1S/C8H19FSi/c1-6-7-8(2,3)10(4,5)9/h6-7H2,1-5H3. The van der Waals surface area contributed by atoms with E-state index < -0.39 is 8.41 Å². The van der Waals surface area contributed by atoms with E-state index in [1.54, 1.807) is 13.1 Å². The summed E-state index contributed by atoms with van der Waals surface area (Å²) in [5.41, 5.74) is 0. The van der Waals surface area contributed by atoms with Gasteiger partial charge in [0.05, 0.1) is 0 Å². The monoisotopic (exact) mass is 162 g/mol. The zero-order chi connectivity index (χ0) is 8.41. The van der Waals surface area contributed by atoms with Crippen LogP contribution in [-0.2, 0) is 0 Å². The Bertz CT molecular complexity index is 102. The first-order chi connectivity index (χ1) is 4.31. The van der Waals surface area contributed by atoms with Crippen LogP contribution in [0.15, 0.2) is 0 Å². The summed E-state index contributed by atoms with van der Waals surface area (Å²) in [6, 6.07) is 0. The third kappa shape index (κ3) is 2.41. The number of hydrogen-bond acceptors (Lipinski definition) is 0. The van der Waals surface area contributed by atoms with Crippen molar-refractivity contribution in [3.8, 4) is 0 Å². The maximum atomic E-state index is 13.5. The van der Waals surface area contributed by atoms with Gasteiger partial charge in [-0.1, -0.05) is 27.2 Å². The van der Waals surface area contributed by atoms with Crippen molar-refractivity contribution in [3.05, 3.63) is 0 Å². The summed E-state index contributed by atoms with van der Waals surface area (Å²) >= 11 is 0. The maximum absolute atomic E-state index is 13.5. The molecule has 0 amide bonds. The molecule has 0 heterocycles. The minimum atomic E-state index is -2.41. The van der Waals surface area contributed by atoms with Crippen LogP contribution in [-0.4, -0.2) is 8.41 Å².